The predicted molar refractivity (Wildman–Crippen MR) is 91.3 cm³/mol. The molecule has 1 amide bonds. The number of halogens is 3. The summed E-state index contributed by atoms with van der Waals surface area (Å²) in [4.78, 5) is 16.3. The summed E-state index contributed by atoms with van der Waals surface area (Å²) in [5.74, 6) is 0.241. The van der Waals surface area contributed by atoms with Crippen LogP contribution in [0.3, 0.4) is 0 Å². The quantitative estimate of drug-likeness (QED) is 0.824. The van der Waals surface area contributed by atoms with Crippen LogP contribution in [0.1, 0.15) is 44.1 Å². The molecule has 2 N–H and O–H groups in total. The second kappa shape index (κ2) is 7.14. The number of carbonyl (C=O) groups excluding carboxylic acids is 1. The fraction of sp³-hybridized carbons (Fsp3) is 0.611. The number of rotatable bonds is 2. The fourth-order valence-electron chi connectivity index (χ4n) is 3.83. The Hall–Kier alpha value is -1.92. The van der Waals surface area contributed by atoms with Gasteiger partial charge in [0.25, 0.3) is 0 Å². The van der Waals surface area contributed by atoms with E-state index in [9.17, 15) is 18.0 Å². The lowest BCUT2D eigenvalue weighted by atomic mass is 10.0. The van der Waals surface area contributed by atoms with Crippen LogP contribution < -0.4 is 10.6 Å². The number of nitrogens with two attached hydrogens (primary N) is 1. The van der Waals surface area contributed by atoms with Crippen LogP contribution in [0, 0.1) is 0 Å². The number of amides is 1. The van der Waals surface area contributed by atoms with E-state index < -0.39 is 11.7 Å². The van der Waals surface area contributed by atoms with Crippen molar-refractivity contribution in [3.05, 3.63) is 23.8 Å². The van der Waals surface area contributed by atoms with E-state index in [2.05, 4.69) is 0 Å². The molecule has 2 heterocycles. The van der Waals surface area contributed by atoms with Gasteiger partial charge in [0, 0.05) is 32.1 Å². The third-order valence-corrected chi connectivity index (χ3v) is 5.21. The second-order valence-electron chi connectivity index (χ2n) is 6.89. The van der Waals surface area contributed by atoms with Gasteiger partial charge < -0.3 is 15.5 Å². The third-order valence-electron chi connectivity index (χ3n) is 5.21. The maximum absolute atomic E-state index is 12.8. The SMILES string of the molecule is Nc1cc(C(F)(F)F)ccc1N1CCC(N2CCCCCC2=O)CC1. The van der Waals surface area contributed by atoms with Crippen molar-refractivity contribution < 1.29 is 18.0 Å². The highest BCUT2D eigenvalue weighted by Gasteiger charge is 2.32. The van der Waals surface area contributed by atoms with E-state index in [4.69, 9.17) is 5.73 Å². The smallest absolute Gasteiger partial charge is 0.397 e. The lowest BCUT2D eigenvalue weighted by Gasteiger charge is -2.39. The summed E-state index contributed by atoms with van der Waals surface area (Å²) in [6, 6.07) is 3.77. The topological polar surface area (TPSA) is 49.6 Å². The lowest BCUT2D eigenvalue weighted by Crippen LogP contribution is -2.47. The second-order valence-corrected chi connectivity index (χ2v) is 6.89. The molecule has 3 rings (SSSR count). The summed E-state index contributed by atoms with van der Waals surface area (Å²) in [6.07, 6.45) is 1.02. The number of benzene rings is 1. The van der Waals surface area contributed by atoms with Crippen LogP contribution in [0.15, 0.2) is 18.2 Å². The van der Waals surface area contributed by atoms with Crippen molar-refractivity contribution in [1.82, 2.24) is 4.90 Å². The number of anilines is 2. The number of piperidine rings is 1. The molecule has 0 aliphatic carbocycles. The predicted octanol–water partition coefficient (Wildman–Crippen LogP) is 3.66. The van der Waals surface area contributed by atoms with Crippen LogP contribution in [-0.4, -0.2) is 36.5 Å². The van der Waals surface area contributed by atoms with Gasteiger partial charge in [-0.1, -0.05) is 6.42 Å². The van der Waals surface area contributed by atoms with Gasteiger partial charge in [0.1, 0.15) is 0 Å². The number of alkyl halides is 3. The number of nitrogen functional groups attached to an aromatic ring is 1. The zero-order chi connectivity index (χ0) is 18.0. The van der Waals surface area contributed by atoms with E-state index >= 15 is 0 Å². The highest BCUT2D eigenvalue weighted by atomic mass is 19.4. The summed E-state index contributed by atoms with van der Waals surface area (Å²) >= 11 is 0. The molecule has 0 unspecified atom stereocenters. The van der Waals surface area contributed by atoms with Crippen molar-refractivity contribution in [2.24, 2.45) is 0 Å². The summed E-state index contributed by atoms with van der Waals surface area (Å²) in [5, 5.41) is 0. The third kappa shape index (κ3) is 4.02. The summed E-state index contributed by atoms with van der Waals surface area (Å²) in [6.45, 7) is 2.22. The van der Waals surface area contributed by atoms with Gasteiger partial charge in [-0.2, -0.15) is 13.2 Å². The van der Waals surface area contributed by atoms with Gasteiger partial charge in [0.2, 0.25) is 5.91 Å². The van der Waals surface area contributed by atoms with Crippen LogP contribution in [-0.2, 0) is 11.0 Å². The van der Waals surface area contributed by atoms with Crippen molar-refractivity contribution in [3.8, 4) is 0 Å². The monoisotopic (exact) mass is 355 g/mol. The van der Waals surface area contributed by atoms with E-state index in [0.717, 1.165) is 50.8 Å². The van der Waals surface area contributed by atoms with E-state index in [1.165, 1.54) is 6.07 Å². The maximum atomic E-state index is 12.8. The first kappa shape index (κ1) is 17.9. The van der Waals surface area contributed by atoms with Crippen molar-refractivity contribution >= 4 is 17.3 Å². The van der Waals surface area contributed by atoms with E-state index in [1.54, 1.807) is 0 Å². The molecule has 2 saturated heterocycles. The summed E-state index contributed by atoms with van der Waals surface area (Å²) in [7, 11) is 0. The van der Waals surface area contributed by atoms with Gasteiger partial charge in [0.15, 0.2) is 0 Å². The van der Waals surface area contributed by atoms with Crippen LogP contribution >= 0.6 is 0 Å². The molecule has 0 saturated carbocycles. The largest absolute Gasteiger partial charge is 0.416 e. The highest BCUT2D eigenvalue weighted by Crippen LogP contribution is 2.35. The van der Waals surface area contributed by atoms with E-state index in [-0.39, 0.29) is 17.6 Å². The molecule has 2 aliphatic rings. The zero-order valence-corrected chi connectivity index (χ0v) is 14.2. The Balaban J connectivity index is 1.65. The van der Waals surface area contributed by atoms with Crippen molar-refractivity contribution in [2.45, 2.75) is 50.7 Å². The zero-order valence-electron chi connectivity index (χ0n) is 14.2. The first-order valence-electron chi connectivity index (χ1n) is 8.87. The molecule has 0 atom stereocenters. The Labute approximate surface area is 145 Å². The first-order chi connectivity index (χ1) is 11.9. The Bertz CT molecular complexity index is 624. The molecular formula is C18H24F3N3O. The standard InChI is InChI=1S/C18H24F3N3O/c19-18(20,21)13-5-6-16(15(22)12-13)23-10-7-14(8-11-23)24-9-3-1-2-4-17(24)25/h5-6,12,14H,1-4,7-11,22H2. The van der Waals surface area contributed by atoms with Gasteiger partial charge in [-0.15, -0.1) is 0 Å². The molecule has 2 fully saturated rings. The molecule has 0 radical (unpaired) electrons. The molecule has 2 aliphatic heterocycles. The molecule has 4 nitrogen and oxygen atoms in total. The minimum Gasteiger partial charge on any atom is -0.397 e. The Morgan fingerprint density at radius 2 is 1.76 bits per heavy atom. The molecule has 25 heavy (non-hydrogen) atoms. The van der Waals surface area contributed by atoms with E-state index in [1.807, 2.05) is 9.80 Å². The van der Waals surface area contributed by atoms with Gasteiger partial charge in [0.05, 0.1) is 16.9 Å². The van der Waals surface area contributed by atoms with Crippen LogP contribution in [0.25, 0.3) is 0 Å². The van der Waals surface area contributed by atoms with Gasteiger partial charge >= 0.3 is 6.18 Å². The van der Waals surface area contributed by atoms with Crippen molar-refractivity contribution in [2.75, 3.05) is 30.3 Å². The van der Waals surface area contributed by atoms with Gasteiger partial charge in [-0.05, 0) is 43.9 Å². The van der Waals surface area contributed by atoms with Crippen LogP contribution in [0.5, 0.6) is 0 Å². The molecule has 7 heteroatoms. The molecule has 1 aromatic rings. The van der Waals surface area contributed by atoms with Crippen molar-refractivity contribution in [3.63, 3.8) is 0 Å². The Kier molecular flexibility index (Phi) is 5.11. The van der Waals surface area contributed by atoms with Gasteiger partial charge in [-0.3, -0.25) is 4.79 Å². The Morgan fingerprint density at radius 3 is 2.40 bits per heavy atom. The molecular weight excluding hydrogens is 331 g/mol. The Morgan fingerprint density at radius 1 is 1.04 bits per heavy atom. The highest BCUT2D eigenvalue weighted by molar-refractivity contribution is 5.77. The van der Waals surface area contributed by atoms with Gasteiger partial charge in [-0.25, -0.2) is 0 Å². The number of likely N-dealkylation sites (tertiary alicyclic amines) is 1. The normalized spacial score (nSPS) is 20.7. The minimum absolute atomic E-state index is 0.152. The molecule has 0 spiro atoms. The average molecular weight is 355 g/mol. The minimum atomic E-state index is -4.38. The molecule has 138 valence electrons. The number of nitrogens with zero attached hydrogens (tertiary/aromatic N) is 2. The summed E-state index contributed by atoms with van der Waals surface area (Å²) in [5.41, 5.74) is 5.94. The number of hydrogen-bond donors (Lipinski definition) is 1. The first-order valence-corrected chi connectivity index (χ1v) is 8.87. The summed E-state index contributed by atoms with van der Waals surface area (Å²) < 4.78 is 38.3. The van der Waals surface area contributed by atoms with Crippen molar-refractivity contribution in [1.29, 1.82) is 0 Å². The van der Waals surface area contributed by atoms with Crippen LogP contribution in [0.4, 0.5) is 24.5 Å². The average Bonchev–Trinajstić information content (AvgIpc) is 2.79. The number of carbonyl (C=O) groups is 1. The molecule has 0 bridgehead atoms. The molecule has 1 aromatic carbocycles. The molecule has 0 aromatic heterocycles. The van der Waals surface area contributed by atoms with E-state index in [0.29, 0.717) is 25.2 Å². The van der Waals surface area contributed by atoms with Crippen LogP contribution in [0.2, 0.25) is 0 Å². The number of hydrogen-bond acceptors (Lipinski definition) is 3. The lowest BCUT2D eigenvalue weighted by molar-refractivity contribution is -0.137. The maximum Gasteiger partial charge on any atom is 0.416 e. The fourth-order valence-corrected chi connectivity index (χ4v) is 3.83.